The third kappa shape index (κ3) is 1.73. The molecule has 0 heterocycles. The van der Waals surface area contributed by atoms with Gasteiger partial charge in [0.05, 0.1) is 0 Å². The standard InChI is InChI=1S/C10H15N/c1-4-11-10-7-5-6-8(2)9(10)3/h5-7,11H,4H2,1-3H3. The van der Waals surface area contributed by atoms with Gasteiger partial charge in [0.25, 0.3) is 0 Å². The van der Waals surface area contributed by atoms with Crippen LogP contribution in [0.4, 0.5) is 5.69 Å². The van der Waals surface area contributed by atoms with Crippen molar-refractivity contribution in [3.63, 3.8) is 0 Å². The molecule has 0 aromatic heterocycles. The molecular weight excluding hydrogens is 134 g/mol. The summed E-state index contributed by atoms with van der Waals surface area (Å²) in [6.07, 6.45) is 0. The highest BCUT2D eigenvalue weighted by Gasteiger charge is 1.96. The highest BCUT2D eigenvalue weighted by molar-refractivity contribution is 5.53. The van der Waals surface area contributed by atoms with Crippen LogP contribution in [0.25, 0.3) is 0 Å². The molecule has 0 unspecified atom stereocenters. The minimum atomic E-state index is 0.990. The summed E-state index contributed by atoms with van der Waals surface area (Å²) in [5.41, 5.74) is 3.96. The van der Waals surface area contributed by atoms with Gasteiger partial charge in [-0.25, -0.2) is 0 Å². The van der Waals surface area contributed by atoms with E-state index in [-0.39, 0.29) is 0 Å². The third-order valence-corrected chi connectivity index (χ3v) is 1.97. The van der Waals surface area contributed by atoms with E-state index in [9.17, 15) is 0 Å². The van der Waals surface area contributed by atoms with E-state index in [1.165, 1.54) is 16.8 Å². The molecule has 1 aromatic rings. The van der Waals surface area contributed by atoms with Gasteiger partial charge in [-0.2, -0.15) is 0 Å². The molecule has 0 amide bonds. The van der Waals surface area contributed by atoms with Crippen LogP contribution >= 0.6 is 0 Å². The lowest BCUT2D eigenvalue weighted by molar-refractivity contribution is 1.19. The Morgan fingerprint density at radius 3 is 2.64 bits per heavy atom. The van der Waals surface area contributed by atoms with Gasteiger partial charge >= 0.3 is 0 Å². The predicted octanol–water partition coefficient (Wildman–Crippen LogP) is 2.74. The van der Waals surface area contributed by atoms with Crippen LogP contribution in [0.3, 0.4) is 0 Å². The molecule has 0 aliphatic carbocycles. The van der Waals surface area contributed by atoms with E-state index in [4.69, 9.17) is 0 Å². The molecule has 0 atom stereocenters. The molecule has 0 aliphatic rings. The molecule has 1 aromatic carbocycles. The highest BCUT2D eigenvalue weighted by Crippen LogP contribution is 2.17. The van der Waals surface area contributed by atoms with Crippen LogP contribution < -0.4 is 5.32 Å². The van der Waals surface area contributed by atoms with E-state index in [1.807, 2.05) is 0 Å². The number of hydrogen-bond donors (Lipinski definition) is 1. The molecule has 1 rings (SSSR count). The van der Waals surface area contributed by atoms with Gasteiger partial charge in [-0.05, 0) is 38.0 Å². The van der Waals surface area contributed by atoms with Crippen LogP contribution in [0.1, 0.15) is 18.1 Å². The van der Waals surface area contributed by atoms with Crippen molar-refractivity contribution < 1.29 is 0 Å². The van der Waals surface area contributed by atoms with Crippen molar-refractivity contribution in [1.29, 1.82) is 0 Å². The van der Waals surface area contributed by atoms with Gasteiger partial charge in [0.1, 0.15) is 0 Å². The van der Waals surface area contributed by atoms with Gasteiger partial charge in [-0.3, -0.25) is 0 Å². The Kier molecular flexibility index (Phi) is 2.53. The summed E-state index contributed by atoms with van der Waals surface area (Å²) in [5.74, 6) is 0. The van der Waals surface area contributed by atoms with Gasteiger partial charge < -0.3 is 5.32 Å². The lowest BCUT2D eigenvalue weighted by Crippen LogP contribution is -1.99. The van der Waals surface area contributed by atoms with Crippen LogP contribution in [0.15, 0.2) is 18.2 Å². The first kappa shape index (κ1) is 8.12. The minimum Gasteiger partial charge on any atom is -0.385 e. The molecule has 0 aliphatic heterocycles. The fourth-order valence-electron chi connectivity index (χ4n) is 1.13. The van der Waals surface area contributed by atoms with E-state index < -0.39 is 0 Å². The monoisotopic (exact) mass is 149 g/mol. The summed E-state index contributed by atoms with van der Waals surface area (Å²) >= 11 is 0. The van der Waals surface area contributed by atoms with Crippen molar-refractivity contribution in [2.75, 3.05) is 11.9 Å². The molecule has 0 fully saturated rings. The first-order valence-electron chi connectivity index (χ1n) is 4.05. The molecule has 1 N–H and O–H groups in total. The van der Waals surface area contributed by atoms with E-state index >= 15 is 0 Å². The van der Waals surface area contributed by atoms with Crippen molar-refractivity contribution in [3.8, 4) is 0 Å². The number of benzene rings is 1. The smallest absolute Gasteiger partial charge is 0.0372 e. The van der Waals surface area contributed by atoms with E-state index in [1.54, 1.807) is 0 Å². The minimum absolute atomic E-state index is 0.990. The van der Waals surface area contributed by atoms with Crippen molar-refractivity contribution in [1.82, 2.24) is 0 Å². The summed E-state index contributed by atoms with van der Waals surface area (Å²) in [6.45, 7) is 7.38. The van der Waals surface area contributed by atoms with Crippen LogP contribution in [0.5, 0.6) is 0 Å². The molecule has 0 saturated heterocycles. The fraction of sp³-hybridized carbons (Fsp3) is 0.400. The van der Waals surface area contributed by atoms with Crippen molar-refractivity contribution >= 4 is 5.69 Å². The second kappa shape index (κ2) is 3.42. The average Bonchev–Trinajstić information content (AvgIpc) is 1.99. The Morgan fingerprint density at radius 1 is 1.27 bits per heavy atom. The van der Waals surface area contributed by atoms with Crippen LogP contribution in [0, 0.1) is 13.8 Å². The van der Waals surface area contributed by atoms with Crippen LogP contribution in [-0.4, -0.2) is 6.54 Å². The zero-order valence-corrected chi connectivity index (χ0v) is 7.44. The molecule has 0 bridgehead atoms. The molecule has 60 valence electrons. The first-order chi connectivity index (χ1) is 5.25. The van der Waals surface area contributed by atoms with Gasteiger partial charge in [0.2, 0.25) is 0 Å². The van der Waals surface area contributed by atoms with E-state index in [2.05, 4.69) is 44.3 Å². The SMILES string of the molecule is CCNc1cccc(C)c1C. The van der Waals surface area contributed by atoms with Crippen LogP contribution in [-0.2, 0) is 0 Å². The molecule has 11 heavy (non-hydrogen) atoms. The Morgan fingerprint density at radius 2 is 2.00 bits per heavy atom. The normalized spacial score (nSPS) is 9.73. The largest absolute Gasteiger partial charge is 0.385 e. The topological polar surface area (TPSA) is 12.0 Å². The lowest BCUT2D eigenvalue weighted by atomic mass is 10.1. The summed E-state index contributed by atoms with van der Waals surface area (Å²) in [6, 6.07) is 6.34. The van der Waals surface area contributed by atoms with Crippen molar-refractivity contribution in [2.24, 2.45) is 0 Å². The predicted molar refractivity (Wildman–Crippen MR) is 50.1 cm³/mol. The number of nitrogens with one attached hydrogen (secondary N) is 1. The fourth-order valence-corrected chi connectivity index (χ4v) is 1.13. The maximum absolute atomic E-state index is 3.32. The number of aryl methyl sites for hydroxylation is 1. The van der Waals surface area contributed by atoms with Gasteiger partial charge in [0, 0.05) is 12.2 Å². The van der Waals surface area contributed by atoms with Crippen molar-refractivity contribution in [3.05, 3.63) is 29.3 Å². The Labute approximate surface area is 68.4 Å². The third-order valence-electron chi connectivity index (χ3n) is 1.97. The highest BCUT2D eigenvalue weighted by atomic mass is 14.9. The zero-order chi connectivity index (χ0) is 8.27. The molecular formula is C10H15N. The zero-order valence-electron chi connectivity index (χ0n) is 7.44. The van der Waals surface area contributed by atoms with Gasteiger partial charge in [0.15, 0.2) is 0 Å². The summed E-state index contributed by atoms with van der Waals surface area (Å²) < 4.78 is 0. The van der Waals surface area contributed by atoms with Crippen molar-refractivity contribution in [2.45, 2.75) is 20.8 Å². The second-order valence-electron chi connectivity index (χ2n) is 2.78. The molecule has 1 nitrogen and oxygen atoms in total. The van der Waals surface area contributed by atoms with Crippen LogP contribution in [0.2, 0.25) is 0 Å². The molecule has 0 spiro atoms. The molecule has 0 saturated carbocycles. The molecule has 0 radical (unpaired) electrons. The maximum atomic E-state index is 3.32. The van der Waals surface area contributed by atoms with E-state index in [0.717, 1.165) is 6.54 Å². The van der Waals surface area contributed by atoms with E-state index in [0.29, 0.717) is 0 Å². The maximum Gasteiger partial charge on any atom is 0.0372 e. The quantitative estimate of drug-likeness (QED) is 0.681. The lowest BCUT2D eigenvalue weighted by Gasteiger charge is -2.08. The summed E-state index contributed by atoms with van der Waals surface area (Å²) in [7, 11) is 0. The Balaban J connectivity index is 2.96. The Bertz CT molecular complexity index is 241. The average molecular weight is 149 g/mol. The summed E-state index contributed by atoms with van der Waals surface area (Å²) in [5, 5.41) is 3.32. The first-order valence-corrected chi connectivity index (χ1v) is 4.05. The van der Waals surface area contributed by atoms with Gasteiger partial charge in [-0.15, -0.1) is 0 Å². The number of anilines is 1. The second-order valence-corrected chi connectivity index (χ2v) is 2.78. The summed E-state index contributed by atoms with van der Waals surface area (Å²) in [4.78, 5) is 0. The number of rotatable bonds is 2. The Hall–Kier alpha value is -0.980. The molecule has 1 heteroatoms. The van der Waals surface area contributed by atoms with Gasteiger partial charge in [-0.1, -0.05) is 12.1 Å². The number of hydrogen-bond acceptors (Lipinski definition) is 1.